The fourth-order valence-electron chi connectivity index (χ4n) is 2.61. The van der Waals surface area contributed by atoms with Gasteiger partial charge in [0, 0.05) is 23.9 Å². The largest absolute Gasteiger partial charge is 0.492 e. The molecule has 0 unspecified atom stereocenters. The van der Waals surface area contributed by atoms with Gasteiger partial charge in [-0.2, -0.15) is 5.26 Å². The first-order chi connectivity index (χ1) is 12.9. The normalized spacial score (nSPS) is 9.74. The highest BCUT2D eigenvalue weighted by Gasteiger charge is 2.23. The van der Waals surface area contributed by atoms with Crippen LogP contribution in [0, 0.1) is 28.4 Å². The van der Waals surface area contributed by atoms with Crippen LogP contribution in [0.3, 0.4) is 0 Å². The zero-order chi connectivity index (χ0) is 20.7. The van der Waals surface area contributed by atoms with Gasteiger partial charge in [0.1, 0.15) is 22.7 Å². The lowest BCUT2D eigenvalue weighted by Gasteiger charge is -2.20. The van der Waals surface area contributed by atoms with Crippen molar-refractivity contribution in [2.24, 2.45) is 0 Å². The number of rotatable bonds is 5. The molecule has 0 amide bonds. The summed E-state index contributed by atoms with van der Waals surface area (Å²) in [6, 6.07) is 5.75. The molecule has 0 radical (unpaired) electrons. The van der Waals surface area contributed by atoms with Crippen molar-refractivity contribution in [1.29, 1.82) is 10.7 Å². The predicted octanol–water partition coefficient (Wildman–Crippen LogP) is 6.01. The van der Waals surface area contributed by atoms with Gasteiger partial charge in [0.25, 0.3) is 0 Å². The summed E-state index contributed by atoms with van der Waals surface area (Å²) in [6.45, 7) is 7.60. The van der Waals surface area contributed by atoms with Gasteiger partial charge in [0.2, 0.25) is 0 Å². The molecule has 0 heterocycles. The quantitative estimate of drug-likeness (QED) is 0.482. The van der Waals surface area contributed by atoms with Gasteiger partial charge in [-0.25, -0.2) is 8.78 Å². The van der Waals surface area contributed by atoms with E-state index in [1.807, 2.05) is 19.9 Å². The maximum atomic E-state index is 14.5. The Bertz CT molecular complexity index is 892. The molecule has 27 heavy (non-hydrogen) atoms. The lowest BCUT2D eigenvalue weighted by Crippen LogP contribution is -2.09. The molecule has 2 rings (SSSR count). The molecule has 0 aliphatic rings. The summed E-state index contributed by atoms with van der Waals surface area (Å²) in [5.41, 5.74) is 1.35. The van der Waals surface area contributed by atoms with E-state index < -0.39 is 16.7 Å². The Morgan fingerprint density at radius 3 is 2.41 bits per heavy atom. The van der Waals surface area contributed by atoms with Crippen molar-refractivity contribution >= 4 is 23.0 Å². The van der Waals surface area contributed by atoms with Gasteiger partial charge >= 0.3 is 0 Å². The number of hydrogen-bond donors (Lipinski definition) is 2. The van der Waals surface area contributed by atoms with Crippen molar-refractivity contribution < 1.29 is 13.5 Å². The second kappa shape index (κ2) is 9.89. The summed E-state index contributed by atoms with van der Waals surface area (Å²) in [4.78, 5) is 0. The van der Waals surface area contributed by atoms with Crippen molar-refractivity contribution in [3.63, 3.8) is 0 Å². The third-order valence-corrected chi connectivity index (χ3v) is 3.99. The molecule has 0 aliphatic heterocycles. The average Bonchev–Trinajstić information content (AvgIpc) is 2.67. The minimum atomic E-state index is -0.931. The standard InChI is InChI=1S/C18H16ClF2N3O.C2H6/c1-4-25-18-10(8-22)7-12(17(24-3)14(18)9(2)23)11-5-6-13(20)15(19)16(11)21;1-2/h5-7,23-24H,4H2,1-3H3;1-2H3. The minimum Gasteiger partial charge on any atom is -0.492 e. The van der Waals surface area contributed by atoms with Gasteiger partial charge < -0.3 is 15.5 Å². The second-order valence-electron chi connectivity index (χ2n) is 5.19. The molecule has 0 aromatic heterocycles. The Morgan fingerprint density at radius 1 is 1.30 bits per heavy atom. The van der Waals surface area contributed by atoms with Crippen molar-refractivity contribution in [3.8, 4) is 22.9 Å². The van der Waals surface area contributed by atoms with E-state index in [0.717, 1.165) is 6.07 Å². The third-order valence-electron chi connectivity index (χ3n) is 3.64. The first-order valence-electron chi connectivity index (χ1n) is 8.48. The molecule has 0 fully saturated rings. The van der Waals surface area contributed by atoms with Gasteiger partial charge in [-0.1, -0.05) is 25.4 Å². The van der Waals surface area contributed by atoms with Crippen LogP contribution in [0.2, 0.25) is 5.02 Å². The highest BCUT2D eigenvalue weighted by atomic mass is 35.5. The molecule has 2 aromatic rings. The van der Waals surface area contributed by atoms with Crippen molar-refractivity contribution in [2.45, 2.75) is 27.7 Å². The molecule has 0 spiro atoms. The van der Waals surface area contributed by atoms with Crippen LogP contribution < -0.4 is 10.1 Å². The zero-order valence-corrected chi connectivity index (χ0v) is 16.7. The van der Waals surface area contributed by atoms with E-state index in [1.165, 1.54) is 19.1 Å². The van der Waals surface area contributed by atoms with Crippen LogP contribution in [0.5, 0.6) is 5.75 Å². The van der Waals surface area contributed by atoms with E-state index in [2.05, 4.69) is 5.32 Å². The monoisotopic (exact) mass is 393 g/mol. The molecule has 0 aliphatic carbocycles. The summed E-state index contributed by atoms with van der Waals surface area (Å²) in [7, 11) is 1.61. The third kappa shape index (κ3) is 4.37. The molecule has 2 N–H and O–H groups in total. The lowest BCUT2D eigenvalue weighted by molar-refractivity contribution is 0.339. The van der Waals surface area contributed by atoms with Crippen LogP contribution in [0.4, 0.5) is 14.5 Å². The maximum Gasteiger partial charge on any atom is 0.152 e. The average molecular weight is 394 g/mol. The summed E-state index contributed by atoms with van der Waals surface area (Å²) >= 11 is 5.68. The molecular formula is C20H22ClF2N3O. The molecule has 2 aromatic carbocycles. The molecule has 7 heteroatoms. The van der Waals surface area contributed by atoms with Crippen LogP contribution in [-0.4, -0.2) is 19.4 Å². The lowest BCUT2D eigenvalue weighted by atomic mass is 9.93. The molecular weight excluding hydrogens is 372 g/mol. The number of nitrogens with zero attached hydrogens (tertiary/aromatic N) is 1. The summed E-state index contributed by atoms with van der Waals surface area (Å²) in [6.07, 6.45) is 0. The first kappa shape index (κ1) is 22.4. The summed E-state index contributed by atoms with van der Waals surface area (Å²) in [5.74, 6) is -1.55. The molecule has 0 saturated heterocycles. The van der Waals surface area contributed by atoms with E-state index in [1.54, 1.807) is 14.0 Å². The van der Waals surface area contributed by atoms with Gasteiger partial charge in [0.05, 0.1) is 23.4 Å². The minimum absolute atomic E-state index is 0.0257. The topological polar surface area (TPSA) is 68.9 Å². The SMILES string of the molecule is CC.CCOc1c(C#N)cc(-c2ccc(F)c(Cl)c2F)c(NC)c1C(C)=N. The smallest absolute Gasteiger partial charge is 0.152 e. The van der Waals surface area contributed by atoms with Gasteiger partial charge in [-0.05, 0) is 32.0 Å². The highest BCUT2D eigenvalue weighted by molar-refractivity contribution is 6.31. The van der Waals surface area contributed by atoms with Gasteiger partial charge in [-0.15, -0.1) is 0 Å². The molecule has 0 atom stereocenters. The van der Waals surface area contributed by atoms with Crippen LogP contribution in [0.25, 0.3) is 11.1 Å². The number of anilines is 1. The van der Waals surface area contributed by atoms with Gasteiger partial charge in [0.15, 0.2) is 5.82 Å². The summed E-state index contributed by atoms with van der Waals surface area (Å²) in [5, 5.41) is 19.8. The highest BCUT2D eigenvalue weighted by Crippen LogP contribution is 2.41. The molecule has 144 valence electrons. The van der Waals surface area contributed by atoms with Crippen LogP contribution >= 0.6 is 11.6 Å². The first-order valence-corrected chi connectivity index (χ1v) is 8.86. The number of halogens is 3. The van der Waals surface area contributed by atoms with Crippen molar-refractivity contribution in [1.82, 2.24) is 0 Å². The number of benzene rings is 2. The number of nitrogens with one attached hydrogen (secondary N) is 2. The van der Waals surface area contributed by atoms with E-state index in [9.17, 15) is 14.0 Å². The Hall–Kier alpha value is -2.65. The number of nitriles is 1. The fourth-order valence-corrected chi connectivity index (χ4v) is 2.77. The Labute approximate surface area is 163 Å². The zero-order valence-electron chi connectivity index (χ0n) is 15.9. The Kier molecular flexibility index (Phi) is 8.20. The Balaban J connectivity index is 0.00000176. The molecule has 4 nitrogen and oxygen atoms in total. The summed E-state index contributed by atoms with van der Waals surface area (Å²) < 4.78 is 33.5. The molecule has 0 saturated carbocycles. The van der Waals surface area contributed by atoms with E-state index in [4.69, 9.17) is 21.7 Å². The van der Waals surface area contributed by atoms with Crippen LogP contribution in [0.15, 0.2) is 18.2 Å². The molecule has 0 bridgehead atoms. The van der Waals surface area contributed by atoms with E-state index >= 15 is 0 Å². The maximum absolute atomic E-state index is 14.5. The van der Waals surface area contributed by atoms with Crippen LogP contribution in [-0.2, 0) is 0 Å². The number of hydrogen-bond acceptors (Lipinski definition) is 4. The fraction of sp³-hybridized carbons (Fsp3) is 0.300. The Morgan fingerprint density at radius 2 is 1.93 bits per heavy atom. The number of ether oxygens (including phenoxy) is 1. The van der Waals surface area contributed by atoms with Crippen LogP contribution in [0.1, 0.15) is 38.8 Å². The second-order valence-corrected chi connectivity index (χ2v) is 5.57. The predicted molar refractivity (Wildman–Crippen MR) is 106 cm³/mol. The van der Waals surface area contributed by atoms with E-state index in [0.29, 0.717) is 23.4 Å². The van der Waals surface area contributed by atoms with E-state index in [-0.39, 0.29) is 22.6 Å². The van der Waals surface area contributed by atoms with Crippen molar-refractivity contribution in [2.75, 3.05) is 19.0 Å². The van der Waals surface area contributed by atoms with Gasteiger partial charge in [-0.3, -0.25) is 0 Å². The van der Waals surface area contributed by atoms with Crippen molar-refractivity contribution in [3.05, 3.63) is 46.0 Å².